The van der Waals surface area contributed by atoms with Gasteiger partial charge in [0.15, 0.2) is 6.61 Å². The van der Waals surface area contributed by atoms with Crippen molar-refractivity contribution in [2.45, 2.75) is 25.9 Å². The number of nitrogens with zero attached hydrogens (tertiary/aromatic N) is 2. The van der Waals surface area contributed by atoms with Gasteiger partial charge in [-0.3, -0.25) is 19.1 Å². The molecule has 8 heteroatoms. The van der Waals surface area contributed by atoms with Crippen LogP contribution in [-0.2, 0) is 16.1 Å². The van der Waals surface area contributed by atoms with E-state index < -0.39 is 0 Å². The topological polar surface area (TPSA) is 102 Å². The maximum absolute atomic E-state index is 12.4. The SMILES string of the molecule is CC(NC(=O)CCn1ncc(=O)c2ccccc21)c1ccc2c(c1)NC(=O)CO2. The molecule has 0 fully saturated rings. The number of aromatic nitrogens is 2. The van der Waals surface area contributed by atoms with E-state index >= 15 is 0 Å². The summed E-state index contributed by atoms with van der Waals surface area (Å²) in [6.45, 7) is 2.23. The number of amides is 2. The fourth-order valence-electron chi connectivity index (χ4n) is 3.31. The van der Waals surface area contributed by atoms with Crippen molar-refractivity contribution < 1.29 is 14.3 Å². The maximum Gasteiger partial charge on any atom is 0.262 e. The lowest BCUT2D eigenvalue weighted by Crippen LogP contribution is -2.29. The molecule has 2 heterocycles. The number of hydrogen-bond acceptors (Lipinski definition) is 5. The lowest BCUT2D eigenvalue weighted by Gasteiger charge is -2.21. The molecule has 8 nitrogen and oxygen atoms in total. The molecule has 1 aliphatic rings. The molecule has 3 aromatic rings. The molecule has 0 spiro atoms. The normalized spacial score (nSPS) is 13.9. The summed E-state index contributed by atoms with van der Waals surface area (Å²) in [4.78, 5) is 35.8. The predicted molar refractivity (Wildman–Crippen MR) is 108 cm³/mol. The van der Waals surface area contributed by atoms with Crippen molar-refractivity contribution in [3.05, 3.63) is 64.4 Å². The highest BCUT2D eigenvalue weighted by Gasteiger charge is 2.18. The molecule has 4 rings (SSSR count). The van der Waals surface area contributed by atoms with Crippen LogP contribution < -0.4 is 20.8 Å². The molecule has 148 valence electrons. The van der Waals surface area contributed by atoms with Gasteiger partial charge in [-0.2, -0.15) is 5.10 Å². The molecule has 1 aliphatic heterocycles. The van der Waals surface area contributed by atoms with Gasteiger partial charge in [0.25, 0.3) is 5.91 Å². The van der Waals surface area contributed by atoms with E-state index in [1.807, 2.05) is 25.1 Å². The summed E-state index contributed by atoms with van der Waals surface area (Å²) in [5.41, 5.74) is 2.02. The molecule has 1 atom stereocenters. The van der Waals surface area contributed by atoms with Crippen LogP contribution >= 0.6 is 0 Å². The molecule has 0 saturated heterocycles. The number of carbonyl (C=O) groups is 2. The van der Waals surface area contributed by atoms with Crippen molar-refractivity contribution in [3.63, 3.8) is 0 Å². The molecule has 2 N–H and O–H groups in total. The minimum absolute atomic E-state index is 0.00629. The molecule has 2 aromatic carbocycles. The van der Waals surface area contributed by atoms with Crippen LogP contribution in [0.4, 0.5) is 5.69 Å². The summed E-state index contributed by atoms with van der Waals surface area (Å²) < 4.78 is 7.01. The Bertz CT molecular complexity index is 1150. The van der Waals surface area contributed by atoms with Gasteiger partial charge in [0.1, 0.15) is 5.75 Å². The Labute approximate surface area is 166 Å². The molecule has 0 bridgehead atoms. The molecular weight excluding hydrogens is 372 g/mol. The van der Waals surface area contributed by atoms with E-state index in [2.05, 4.69) is 15.7 Å². The van der Waals surface area contributed by atoms with E-state index in [0.29, 0.717) is 28.9 Å². The highest BCUT2D eigenvalue weighted by Crippen LogP contribution is 2.30. The van der Waals surface area contributed by atoms with Gasteiger partial charge in [-0.1, -0.05) is 18.2 Å². The first-order chi connectivity index (χ1) is 14.0. The highest BCUT2D eigenvalue weighted by molar-refractivity contribution is 5.95. The number of fused-ring (bicyclic) bond motifs is 2. The fourth-order valence-corrected chi connectivity index (χ4v) is 3.31. The van der Waals surface area contributed by atoms with Crippen molar-refractivity contribution >= 4 is 28.4 Å². The lowest BCUT2D eigenvalue weighted by molar-refractivity contribution is -0.122. The lowest BCUT2D eigenvalue weighted by atomic mass is 10.1. The summed E-state index contributed by atoms with van der Waals surface area (Å²) >= 11 is 0. The second kappa shape index (κ2) is 7.75. The molecule has 0 saturated carbocycles. The quantitative estimate of drug-likeness (QED) is 0.691. The van der Waals surface area contributed by atoms with Crippen LogP contribution in [0.1, 0.15) is 24.9 Å². The second-order valence-corrected chi connectivity index (χ2v) is 6.88. The monoisotopic (exact) mass is 392 g/mol. The zero-order chi connectivity index (χ0) is 20.4. The van der Waals surface area contributed by atoms with Crippen LogP contribution in [0.2, 0.25) is 0 Å². The summed E-state index contributed by atoms with van der Waals surface area (Å²) in [6, 6.07) is 12.4. The summed E-state index contributed by atoms with van der Waals surface area (Å²) in [7, 11) is 0. The van der Waals surface area contributed by atoms with Gasteiger partial charge >= 0.3 is 0 Å². The zero-order valence-electron chi connectivity index (χ0n) is 15.8. The first-order valence-corrected chi connectivity index (χ1v) is 9.32. The molecule has 0 radical (unpaired) electrons. The second-order valence-electron chi connectivity index (χ2n) is 6.88. The smallest absolute Gasteiger partial charge is 0.262 e. The Hall–Kier alpha value is -3.68. The number of aryl methyl sites for hydroxylation is 1. The molecule has 1 unspecified atom stereocenters. The van der Waals surface area contributed by atoms with Crippen molar-refractivity contribution in [1.82, 2.24) is 15.1 Å². The van der Waals surface area contributed by atoms with Gasteiger partial charge in [-0.25, -0.2) is 0 Å². The number of para-hydroxylation sites is 1. The first kappa shape index (κ1) is 18.7. The van der Waals surface area contributed by atoms with E-state index in [4.69, 9.17) is 4.74 Å². The van der Waals surface area contributed by atoms with Gasteiger partial charge in [0.2, 0.25) is 11.3 Å². The molecule has 2 amide bonds. The highest BCUT2D eigenvalue weighted by atomic mass is 16.5. The standard InChI is InChI=1S/C21H20N4O4/c1-13(14-6-7-19-16(10-14)24-21(28)12-29-19)23-20(27)8-9-25-17-5-3-2-4-15(17)18(26)11-22-25/h2-7,10-11,13H,8-9,12H2,1H3,(H,23,27)(H,24,28). The minimum atomic E-state index is -0.245. The molecule has 1 aromatic heterocycles. The first-order valence-electron chi connectivity index (χ1n) is 9.32. The third-order valence-electron chi connectivity index (χ3n) is 4.83. The van der Waals surface area contributed by atoms with Crippen molar-refractivity contribution in [2.75, 3.05) is 11.9 Å². The van der Waals surface area contributed by atoms with E-state index in [-0.39, 0.29) is 36.3 Å². The van der Waals surface area contributed by atoms with Crippen LogP contribution in [0.5, 0.6) is 5.75 Å². The fraction of sp³-hybridized carbons (Fsp3) is 0.238. The van der Waals surface area contributed by atoms with E-state index in [0.717, 1.165) is 5.56 Å². The Morgan fingerprint density at radius 3 is 2.97 bits per heavy atom. The van der Waals surface area contributed by atoms with Crippen molar-refractivity contribution in [3.8, 4) is 5.75 Å². The number of carbonyl (C=O) groups excluding carboxylic acids is 2. The average molecular weight is 392 g/mol. The van der Waals surface area contributed by atoms with E-state index in [1.54, 1.807) is 28.9 Å². The van der Waals surface area contributed by atoms with Crippen molar-refractivity contribution in [2.24, 2.45) is 0 Å². The van der Waals surface area contributed by atoms with Crippen LogP contribution in [-0.4, -0.2) is 28.2 Å². The number of rotatable bonds is 5. The largest absolute Gasteiger partial charge is 0.482 e. The van der Waals surface area contributed by atoms with Crippen LogP contribution in [0, 0.1) is 0 Å². The summed E-state index contributed by atoms with van der Waals surface area (Å²) in [5, 5.41) is 10.4. The van der Waals surface area contributed by atoms with Crippen molar-refractivity contribution in [1.29, 1.82) is 0 Å². The summed E-state index contributed by atoms with van der Waals surface area (Å²) in [5.74, 6) is 0.273. The Kier molecular flexibility index (Phi) is 4.99. The third kappa shape index (κ3) is 3.96. The van der Waals surface area contributed by atoms with Gasteiger partial charge in [0, 0.05) is 11.8 Å². The third-order valence-corrected chi connectivity index (χ3v) is 4.83. The zero-order valence-corrected chi connectivity index (χ0v) is 15.8. The number of hydrogen-bond donors (Lipinski definition) is 2. The Morgan fingerprint density at radius 1 is 1.28 bits per heavy atom. The average Bonchev–Trinajstić information content (AvgIpc) is 2.73. The predicted octanol–water partition coefficient (Wildman–Crippen LogP) is 1.99. The van der Waals surface area contributed by atoms with E-state index in [1.165, 1.54) is 6.20 Å². The number of anilines is 1. The number of benzene rings is 2. The Balaban J connectivity index is 1.42. The van der Waals surface area contributed by atoms with E-state index in [9.17, 15) is 14.4 Å². The summed E-state index contributed by atoms with van der Waals surface area (Å²) in [6.07, 6.45) is 1.49. The minimum Gasteiger partial charge on any atom is -0.482 e. The van der Waals surface area contributed by atoms with Crippen LogP contribution in [0.25, 0.3) is 10.9 Å². The van der Waals surface area contributed by atoms with Gasteiger partial charge in [-0.15, -0.1) is 0 Å². The molecule has 29 heavy (non-hydrogen) atoms. The molecule has 0 aliphatic carbocycles. The van der Waals surface area contributed by atoms with Gasteiger partial charge < -0.3 is 15.4 Å². The Morgan fingerprint density at radius 2 is 2.10 bits per heavy atom. The van der Waals surface area contributed by atoms with Gasteiger partial charge in [-0.05, 0) is 36.8 Å². The van der Waals surface area contributed by atoms with Gasteiger partial charge in [0.05, 0.1) is 30.0 Å². The number of nitrogens with one attached hydrogen (secondary N) is 2. The molecular formula is C21H20N4O4. The maximum atomic E-state index is 12.4. The number of ether oxygens (including phenoxy) is 1. The van der Waals surface area contributed by atoms with Crippen LogP contribution in [0.15, 0.2) is 53.5 Å². The van der Waals surface area contributed by atoms with Crippen LogP contribution in [0.3, 0.4) is 0 Å².